The van der Waals surface area contributed by atoms with Crippen LogP contribution in [0, 0.1) is 5.92 Å². The summed E-state index contributed by atoms with van der Waals surface area (Å²) in [6.07, 6.45) is 8.58. The molecule has 0 radical (unpaired) electrons. The normalized spacial score (nSPS) is 26.9. The minimum absolute atomic E-state index is 0.0821. The third kappa shape index (κ3) is 2.88. The number of anilines is 1. The average Bonchev–Trinajstić information content (AvgIpc) is 3.37. The second-order valence-electron chi connectivity index (χ2n) is 7.71. The van der Waals surface area contributed by atoms with E-state index in [1.807, 2.05) is 17.0 Å². The fraction of sp³-hybridized carbons (Fsp3) is 0.600. The van der Waals surface area contributed by atoms with Gasteiger partial charge in [0.25, 0.3) is 0 Å². The first kappa shape index (κ1) is 16.5. The number of hydrogen-bond acceptors (Lipinski definition) is 5. The molecule has 26 heavy (non-hydrogen) atoms. The molecule has 5 nitrogen and oxygen atoms in total. The number of ether oxygens (including phenoxy) is 2. The van der Waals surface area contributed by atoms with Gasteiger partial charge < -0.3 is 14.4 Å². The van der Waals surface area contributed by atoms with E-state index < -0.39 is 0 Å². The van der Waals surface area contributed by atoms with E-state index in [-0.39, 0.29) is 18.7 Å². The summed E-state index contributed by atoms with van der Waals surface area (Å²) in [5.74, 6) is 2.12. The van der Waals surface area contributed by atoms with E-state index in [9.17, 15) is 4.79 Å². The molecule has 0 aromatic heterocycles. The van der Waals surface area contributed by atoms with Crippen molar-refractivity contribution in [1.29, 1.82) is 0 Å². The quantitative estimate of drug-likeness (QED) is 0.773. The van der Waals surface area contributed by atoms with Crippen molar-refractivity contribution in [1.82, 2.24) is 0 Å². The maximum absolute atomic E-state index is 12.6. The van der Waals surface area contributed by atoms with Gasteiger partial charge in [0, 0.05) is 24.0 Å². The summed E-state index contributed by atoms with van der Waals surface area (Å²) in [5, 5.41) is 1.13. The molecule has 0 spiro atoms. The molecule has 1 unspecified atom stereocenters. The van der Waals surface area contributed by atoms with Crippen molar-refractivity contribution >= 4 is 28.4 Å². The zero-order chi connectivity index (χ0) is 17.7. The Labute approximate surface area is 158 Å². The van der Waals surface area contributed by atoms with Gasteiger partial charge in [-0.3, -0.25) is 9.79 Å². The van der Waals surface area contributed by atoms with E-state index in [0.717, 1.165) is 27.1 Å². The van der Waals surface area contributed by atoms with Gasteiger partial charge in [0.05, 0.1) is 22.8 Å². The van der Waals surface area contributed by atoms with Gasteiger partial charge in [-0.15, -0.1) is 0 Å². The van der Waals surface area contributed by atoms with Crippen molar-refractivity contribution < 1.29 is 14.3 Å². The molecule has 0 bridgehead atoms. The Bertz CT molecular complexity index is 769. The molecular weight excluding hydrogens is 348 g/mol. The standard InChI is InChI=1S/C20H24N2O3S/c1-12(23)22-15-9-16-17(25-11-24-16)10-18(15)26-20(19(22)13-7-8-13)21-14-5-3-2-4-6-14/h9-10,13-14,19H,2-8,11H2,1H3. The maximum atomic E-state index is 12.6. The van der Waals surface area contributed by atoms with Gasteiger partial charge in [-0.05, 0) is 31.6 Å². The molecule has 0 saturated heterocycles. The summed E-state index contributed by atoms with van der Waals surface area (Å²) in [6, 6.07) is 4.49. The van der Waals surface area contributed by atoms with E-state index in [2.05, 4.69) is 0 Å². The number of hydrogen-bond donors (Lipinski definition) is 0. The molecule has 2 aliphatic carbocycles. The highest BCUT2D eigenvalue weighted by molar-refractivity contribution is 8.14. The second kappa shape index (κ2) is 6.48. The summed E-state index contributed by atoms with van der Waals surface area (Å²) in [5.41, 5.74) is 0.950. The predicted molar refractivity (Wildman–Crippen MR) is 102 cm³/mol. The lowest BCUT2D eigenvalue weighted by molar-refractivity contribution is -0.116. The first-order valence-electron chi connectivity index (χ1n) is 9.69. The first-order valence-corrected chi connectivity index (χ1v) is 10.5. The van der Waals surface area contributed by atoms with Crippen molar-refractivity contribution in [3.63, 3.8) is 0 Å². The Hall–Kier alpha value is -1.69. The van der Waals surface area contributed by atoms with Gasteiger partial charge in [-0.2, -0.15) is 0 Å². The fourth-order valence-corrected chi connectivity index (χ4v) is 5.57. The summed E-state index contributed by atoms with van der Waals surface area (Å²) in [7, 11) is 0. The van der Waals surface area contributed by atoms with Crippen LogP contribution in [0.15, 0.2) is 22.0 Å². The molecule has 1 aromatic rings. The van der Waals surface area contributed by atoms with Gasteiger partial charge in [0.2, 0.25) is 12.7 Å². The van der Waals surface area contributed by atoms with Crippen LogP contribution in [0.3, 0.4) is 0 Å². The predicted octanol–water partition coefficient (Wildman–Crippen LogP) is 4.38. The number of carbonyl (C=O) groups excluding carboxylic acids is 1. The molecule has 5 rings (SSSR count). The number of thioether (sulfide) groups is 1. The molecule has 0 N–H and O–H groups in total. The number of benzene rings is 1. The van der Waals surface area contributed by atoms with Crippen LogP contribution < -0.4 is 14.4 Å². The Kier molecular flexibility index (Phi) is 4.11. The van der Waals surface area contributed by atoms with E-state index in [1.165, 1.54) is 44.9 Å². The molecular formula is C20H24N2O3S. The molecule has 1 aromatic carbocycles. The highest BCUT2D eigenvalue weighted by Gasteiger charge is 2.45. The molecule has 1 atom stereocenters. The highest BCUT2D eigenvalue weighted by Crippen LogP contribution is 2.51. The lowest BCUT2D eigenvalue weighted by Crippen LogP contribution is -2.47. The Morgan fingerprint density at radius 3 is 2.54 bits per heavy atom. The topological polar surface area (TPSA) is 51.1 Å². The van der Waals surface area contributed by atoms with E-state index in [0.29, 0.717) is 12.0 Å². The molecule has 4 aliphatic rings. The van der Waals surface area contributed by atoms with Gasteiger partial charge in [0.1, 0.15) is 0 Å². The SMILES string of the molecule is CC(=O)N1c2cc3c(cc2SC(=NC2CCCCC2)C1C1CC1)OCO3. The second-order valence-corrected chi connectivity index (χ2v) is 8.77. The third-order valence-corrected chi connectivity index (χ3v) is 6.85. The third-order valence-electron chi connectivity index (χ3n) is 5.75. The van der Waals surface area contributed by atoms with E-state index in [1.54, 1.807) is 18.7 Å². The molecule has 1 amide bonds. The summed E-state index contributed by atoms with van der Waals surface area (Å²) in [6.45, 7) is 1.91. The highest BCUT2D eigenvalue weighted by atomic mass is 32.2. The number of nitrogens with zero attached hydrogens (tertiary/aromatic N) is 2. The zero-order valence-electron chi connectivity index (χ0n) is 15.1. The van der Waals surface area contributed by atoms with Crippen molar-refractivity contribution in [2.45, 2.75) is 68.8 Å². The van der Waals surface area contributed by atoms with Gasteiger partial charge in [-0.25, -0.2) is 0 Å². The maximum Gasteiger partial charge on any atom is 0.231 e. The molecule has 2 aliphatic heterocycles. The first-order chi connectivity index (χ1) is 12.7. The average molecular weight is 372 g/mol. The molecule has 2 saturated carbocycles. The number of carbonyl (C=O) groups is 1. The minimum atomic E-state index is 0.0821. The summed E-state index contributed by atoms with van der Waals surface area (Å²) >= 11 is 1.73. The van der Waals surface area contributed by atoms with Crippen LogP contribution in [0.1, 0.15) is 51.9 Å². The van der Waals surface area contributed by atoms with Crippen LogP contribution in [0.4, 0.5) is 5.69 Å². The number of rotatable bonds is 2. The number of fused-ring (bicyclic) bond motifs is 2. The van der Waals surface area contributed by atoms with Crippen molar-refractivity contribution in [3.05, 3.63) is 12.1 Å². The van der Waals surface area contributed by atoms with Crippen molar-refractivity contribution in [3.8, 4) is 11.5 Å². The fourth-order valence-electron chi connectivity index (χ4n) is 4.30. The van der Waals surface area contributed by atoms with Crippen molar-refractivity contribution in [2.75, 3.05) is 11.7 Å². The van der Waals surface area contributed by atoms with Crippen molar-refractivity contribution in [2.24, 2.45) is 10.9 Å². The monoisotopic (exact) mass is 372 g/mol. The minimum Gasteiger partial charge on any atom is -0.454 e. The van der Waals surface area contributed by atoms with Gasteiger partial charge in [-0.1, -0.05) is 31.0 Å². The molecule has 2 fully saturated rings. The molecule has 138 valence electrons. The Morgan fingerprint density at radius 1 is 1.12 bits per heavy atom. The molecule has 2 heterocycles. The van der Waals surface area contributed by atoms with E-state index in [4.69, 9.17) is 14.5 Å². The lowest BCUT2D eigenvalue weighted by Gasteiger charge is -2.38. The summed E-state index contributed by atoms with van der Waals surface area (Å²) < 4.78 is 11.1. The zero-order valence-corrected chi connectivity index (χ0v) is 15.9. The van der Waals surface area contributed by atoms with E-state index >= 15 is 0 Å². The lowest BCUT2D eigenvalue weighted by atomic mass is 9.96. The van der Waals surface area contributed by atoms with Crippen LogP contribution in [0.5, 0.6) is 11.5 Å². The van der Waals surface area contributed by atoms with Crippen LogP contribution in [0.25, 0.3) is 0 Å². The van der Waals surface area contributed by atoms with Crippen LogP contribution in [0.2, 0.25) is 0 Å². The Balaban J connectivity index is 1.58. The molecule has 6 heteroatoms. The van der Waals surface area contributed by atoms with Gasteiger partial charge >= 0.3 is 0 Å². The number of aliphatic imine (C=N–C) groups is 1. The number of amides is 1. The van der Waals surface area contributed by atoms with Crippen LogP contribution in [-0.2, 0) is 4.79 Å². The smallest absolute Gasteiger partial charge is 0.231 e. The summed E-state index contributed by atoms with van der Waals surface area (Å²) in [4.78, 5) is 20.8. The van der Waals surface area contributed by atoms with Crippen LogP contribution >= 0.6 is 11.8 Å². The largest absolute Gasteiger partial charge is 0.454 e. The van der Waals surface area contributed by atoms with Crippen LogP contribution in [-0.4, -0.2) is 29.8 Å². The van der Waals surface area contributed by atoms with Gasteiger partial charge in [0.15, 0.2) is 11.5 Å². The Morgan fingerprint density at radius 2 is 1.85 bits per heavy atom.